The molecule has 0 unspecified atom stereocenters. The first-order chi connectivity index (χ1) is 9.35. The average Bonchev–Trinajstić information content (AvgIpc) is 2.42. The zero-order valence-electron chi connectivity index (χ0n) is 10.4. The Morgan fingerprint density at radius 3 is 2.25 bits per heavy atom. The van der Waals surface area contributed by atoms with Crippen molar-refractivity contribution in [1.82, 2.24) is 0 Å². The second-order valence-electron chi connectivity index (χ2n) is 4.12. The van der Waals surface area contributed by atoms with Gasteiger partial charge in [-0.3, -0.25) is 10.1 Å². The number of sulfone groups is 1. The smallest absolute Gasteiger partial charge is 0.258 e. The molecule has 0 aliphatic rings. The molecule has 20 heavy (non-hydrogen) atoms. The van der Waals surface area contributed by atoms with Gasteiger partial charge in [0.15, 0.2) is 4.90 Å². The van der Waals surface area contributed by atoms with Gasteiger partial charge in [0.1, 0.15) is 5.02 Å². The largest absolute Gasteiger partial charge is 0.307 e. The third-order valence-electron chi connectivity index (χ3n) is 2.80. The van der Waals surface area contributed by atoms with Crippen LogP contribution in [0.3, 0.4) is 0 Å². The Labute approximate surface area is 120 Å². The molecule has 2 aromatic rings. The quantitative estimate of drug-likeness (QED) is 0.643. The van der Waals surface area contributed by atoms with Crippen molar-refractivity contribution in [1.29, 1.82) is 0 Å². The fraction of sp³-hybridized carbons (Fsp3) is 0.0769. The van der Waals surface area contributed by atoms with Gasteiger partial charge in [0, 0.05) is 0 Å². The Hall–Kier alpha value is -1.92. The van der Waals surface area contributed by atoms with Gasteiger partial charge in [-0.15, -0.1) is 0 Å². The Balaban J connectivity index is 2.77. The average molecular weight is 312 g/mol. The van der Waals surface area contributed by atoms with E-state index in [0.717, 1.165) is 0 Å². The van der Waals surface area contributed by atoms with Crippen molar-refractivity contribution >= 4 is 27.1 Å². The fourth-order valence-electron chi connectivity index (χ4n) is 1.76. The van der Waals surface area contributed by atoms with Crippen LogP contribution < -0.4 is 0 Å². The molecule has 0 atom stereocenters. The molecule has 0 saturated carbocycles. The van der Waals surface area contributed by atoms with Crippen LogP contribution in [0.2, 0.25) is 5.02 Å². The van der Waals surface area contributed by atoms with Gasteiger partial charge in [-0.1, -0.05) is 35.9 Å². The van der Waals surface area contributed by atoms with Gasteiger partial charge in [-0.05, 0) is 30.7 Å². The molecule has 0 spiro atoms. The number of hydrogen-bond donors (Lipinski definition) is 0. The van der Waals surface area contributed by atoms with E-state index in [-0.39, 0.29) is 9.92 Å². The summed E-state index contributed by atoms with van der Waals surface area (Å²) >= 11 is 5.88. The van der Waals surface area contributed by atoms with E-state index in [1.54, 1.807) is 25.1 Å². The highest BCUT2D eigenvalue weighted by molar-refractivity contribution is 7.91. The van der Waals surface area contributed by atoms with Crippen molar-refractivity contribution < 1.29 is 13.3 Å². The van der Waals surface area contributed by atoms with Crippen molar-refractivity contribution in [2.45, 2.75) is 16.7 Å². The Kier molecular flexibility index (Phi) is 3.78. The van der Waals surface area contributed by atoms with E-state index in [1.807, 2.05) is 0 Å². The standard InChI is InChI=1S/C13H10ClNO4S/c1-9-7-8-11(13(12(9)14)15(16)17)20(18,19)10-5-3-2-4-6-10/h2-8H,1H3. The minimum atomic E-state index is -3.98. The molecule has 0 amide bonds. The molecular weight excluding hydrogens is 302 g/mol. The number of nitro groups is 1. The summed E-state index contributed by atoms with van der Waals surface area (Å²) in [4.78, 5) is 9.95. The molecule has 7 heteroatoms. The van der Waals surface area contributed by atoms with Crippen LogP contribution in [0.15, 0.2) is 52.3 Å². The second kappa shape index (κ2) is 5.22. The van der Waals surface area contributed by atoms with Gasteiger partial charge in [0.2, 0.25) is 9.84 Å². The summed E-state index contributed by atoms with van der Waals surface area (Å²) in [6, 6.07) is 10.2. The predicted molar refractivity (Wildman–Crippen MR) is 74.7 cm³/mol. The molecule has 104 valence electrons. The monoisotopic (exact) mass is 311 g/mol. The van der Waals surface area contributed by atoms with E-state index in [9.17, 15) is 18.5 Å². The number of benzene rings is 2. The van der Waals surface area contributed by atoms with Crippen LogP contribution in [-0.2, 0) is 9.84 Å². The topological polar surface area (TPSA) is 77.3 Å². The minimum absolute atomic E-state index is 0.0111. The molecule has 0 N–H and O–H groups in total. The van der Waals surface area contributed by atoms with E-state index >= 15 is 0 Å². The normalized spacial score (nSPS) is 11.3. The zero-order chi connectivity index (χ0) is 14.9. The molecule has 2 aromatic carbocycles. The van der Waals surface area contributed by atoms with Crippen LogP contribution in [0.1, 0.15) is 5.56 Å². The first kappa shape index (κ1) is 14.5. The fourth-order valence-corrected chi connectivity index (χ4v) is 3.50. The van der Waals surface area contributed by atoms with Crippen LogP contribution in [0.25, 0.3) is 0 Å². The second-order valence-corrected chi connectivity index (χ2v) is 6.41. The number of nitro benzene ring substituents is 1. The molecule has 2 rings (SSSR count). The molecule has 0 fully saturated rings. The molecule has 0 heterocycles. The molecular formula is C13H10ClNO4S. The van der Waals surface area contributed by atoms with Crippen molar-refractivity contribution in [2.24, 2.45) is 0 Å². The lowest BCUT2D eigenvalue weighted by molar-refractivity contribution is -0.387. The summed E-state index contributed by atoms with van der Waals surface area (Å²) in [5, 5.41) is 11.0. The highest BCUT2D eigenvalue weighted by Gasteiger charge is 2.30. The lowest BCUT2D eigenvalue weighted by Crippen LogP contribution is -2.06. The maximum Gasteiger partial charge on any atom is 0.307 e. The van der Waals surface area contributed by atoms with Crippen molar-refractivity contribution in [3.8, 4) is 0 Å². The maximum atomic E-state index is 12.5. The van der Waals surface area contributed by atoms with E-state index < -0.39 is 25.3 Å². The van der Waals surface area contributed by atoms with Crippen molar-refractivity contribution in [2.75, 3.05) is 0 Å². The Bertz CT molecular complexity index is 772. The van der Waals surface area contributed by atoms with E-state index in [0.29, 0.717) is 5.56 Å². The van der Waals surface area contributed by atoms with Gasteiger partial charge in [0.05, 0.1) is 9.82 Å². The third-order valence-corrected chi connectivity index (χ3v) is 5.08. The van der Waals surface area contributed by atoms with E-state index in [4.69, 9.17) is 11.6 Å². The highest BCUT2D eigenvalue weighted by atomic mass is 35.5. The third kappa shape index (κ3) is 2.39. The van der Waals surface area contributed by atoms with E-state index in [2.05, 4.69) is 0 Å². The first-order valence-corrected chi connectivity index (χ1v) is 7.45. The Morgan fingerprint density at radius 1 is 1.10 bits per heavy atom. The van der Waals surface area contributed by atoms with Gasteiger partial charge >= 0.3 is 5.69 Å². The minimum Gasteiger partial charge on any atom is -0.258 e. The van der Waals surface area contributed by atoms with Crippen LogP contribution in [0, 0.1) is 17.0 Å². The number of aryl methyl sites for hydroxylation is 1. The van der Waals surface area contributed by atoms with Crippen LogP contribution in [0.5, 0.6) is 0 Å². The van der Waals surface area contributed by atoms with E-state index in [1.165, 1.54) is 24.3 Å². The van der Waals surface area contributed by atoms with Gasteiger partial charge < -0.3 is 0 Å². The molecule has 5 nitrogen and oxygen atoms in total. The summed E-state index contributed by atoms with van der Waals surface area (Å²) in [6.45, 7) is 1.58. The maximum absolute atomic E-state index is 12.5. The Morgan fingerprint density at radius 2 is 1.70 bits per heavy atom. The molecule has 0 saturated heterocycles. The molecule has 0 radical (unpaired) electrons. The lowest BCUT2D eigenvalue weighted by Gasteiger charge is -2.08. The number of hydrogen-bond acceptors (Lipinski definition) is 4. The summed E-state index contributed by atoms with van der Waals surface area (Å²) < 4.78 is 24.9. The van der Waals surface area contributed by atoms with Crippen LogP contribution in [-0.4, -0.2) is 13.3 Å². The predicted octanol–water partition coefficient (Wildman–Crippen LogP) is 3.39. The number of rotatable bonds is 3. The molecule has 0 aliphatic carbocycles. The first-order valence-electron chi connectivity index (χ1n) is 5.59. The summed E-state index contributed by atoms with van der Waals surface area (Å²) in [7, 11) is -3.98. The van der Waals surface area contributed by atoms with Gasteiger partial charge in [-0.2, -0.15) is 0 Å². The number of halogens is 1. The van der Waals surface area contributed by atoms with Crippen molar-refractivity contribution in [3.63, 3.8) is 0 Å². The summed E-state index contributed by atoms with van der Waals surface area (Å²) in [5.41, 5.74) is -0.138. The lowest BCUT2D eigenvalue weighted by atomic mass is 10.2. The molecule has 0 aromatic heterocycles. The van der Waals surface area contributed by atoms with Gasteiger partial charge in [0.25, 0.3) is 0 Å². The zero-order valence-corrected chi connectivity index (χ0v) is 12.0. The summed E-state index contributed by atoms with van der Waals surface area (Å²) in [6.07, 6.45) is 0. The van der Waals surface area contributed by atoms with Crippen LogP contribution >= 0.6 is 11.6 Å². The number of nitrogens with zero attached hydrogens (tertiary/aromatic N) is 1. The SMILES string of the molecule is Cc1ccc(S(=O)(=O)c2ccccc2)c([N+](=O)[O-])c1Cl. The molecule has 0 bridgehead atoms. The summed E-state index contributed by atoms with van der Waals surface area (Å²) in [5.74, 6) is 0. The highest BCUT2D eigenvalue weighted by Crippen LogP contribution is 2.36. The van der Waals surface area contributed by atoms with Crippen LogP contribution in [0.4, 0.5) is 5.69 Å². The van der Waals surface area contributed by atoms with Crippen molar-refractivity contribution in [3.05, 3.63) is 63.2 Å². The van der Waals surface area contributed by atoms with Gasteiger partial charge in [-0.25, -0.2) is 8.42 Å². The molecule has 0 aliphatic heterocycles.